The molecule has 0 bridgehead atoms. The molecule has 0 rings (SSSR count). The molecule has 0 aromatic heterocycles. The summed E-state index contributed by atoms with van der Waals surface area (Å²) in [6, 6.07) is 0. The first-order chi connectivity index (χ1) is 8.11. The molecular weight excluding hydrogens is 296 g/mol. The minimum absolute atomic E-state index is 1.19. The van der Waals surface area contributed by atoms with Crippen LogP contribution in [0.1, 0.15) is 41.5 Å². The van der Waals surface area contributed by atoms with Gasteiger partial charge in [0.2, 0.25) is 0 Å². The maximum Gasteiger partial charge on any atom is 0.546 e. The number of hydrogen-bond donors (Lipinski definition) is 0. The first-order valence-electron chi connectivity index (χ1n) is 5.24. The lowest BCUT2D eigenvalue weighted by atomic mass is 10.2. The highest BCUT2D eigenvalue weighted by Gasteiger charge is 2.47. The second-order valence-electron chi connectivity index (χ2n) is 5.67. The predicted molar refractivity (Wildman–Crippen MR) is 68.1 cm³/mol. The van der Waals surface area contributed by atoms with Gasteiger partial charge in [-0.2, -0.15) is 16.8 Å². The average Bonchev–Trinajstić information content (AvgIpc) is 1.91. The van der Waals surface area contributed by atoms with Gasteiger partial charge in [-0.3, -0.25) is 8.37 Å². The predicted octanol–water partition coefficient (Wildman–Crippen LogP) is 0.862. The summed E-state index contributed by atoms with van der Waals surface area (Å²) in [5.74, 6) is 0. The van der Waals surface area contributed by atoms with Crippen molar-refractivity contribution in [2.75, 3.05) is 0 Å². The van der Waals surface area contributed by atoms with E-state index < -0.39 is 35.8 Å². The van der Waals surface area contributed by atoms with Crippen molar-refractivity contribution in [1.82, 2.24) is 0 Å². The Hall–Kier alpha value is -0.800. The number of rotatable bonds is 2. The lowest BCUT2D eigenvalue weighted by molar-refractivity contribution is -0.000286. The molecule has 0 fully saturated rings. The van der Waals surface area contributed by atoms with Crippen LogP contribution in [0.3, 0.4) is 0 Å². The van der Waals surface area contributed by atoms with Gasteiger partial charge in [0.1, 0.15) is 0 Å². The van der Waals surface area contributed by atoms with Gasteiger partial charge in [0, 0.05) is 0 Å². The van der Waals surface area contributed by atoms with E-state index in [2.05, 4.69) is 13.2 Å². The Kier molecular flexibility index (Phi) is 5.07. The van der Waals surface area contributed by atoms with Gasteiger partial charge in [-0.1, -0.05) is 0 Å². The van der Waals surface area contributed by atoms with Crippen molar-refractivity contribution in [2.24, 2.45) is 0 Å². The fraction of sp³-hybridized carbons (Fsp3) is 0.889. The summed E-state index contributed by atoms with van der Waals surface area (Å²) in [5, 5.41) is 0. The van der Waals surface area contributed by atoms with Crippen molar-refractivity contribution in [1.29, 1.82) is 0 Å². The molecule has 0 saturated heterocycles. The molecule has 10 heteroatoms. The Morgan fingerprint density at radius 3 is 1.26 bits per heavy atom. The Morgan fingerprint density at radius 1 is 0.842 bits per heavy atom. The fourth-order valence-corrected chi connectivity index (χ4v) is 3.82. The number of hydrogen-bond acceptors (Lipinski definition) is 6. The first kappa shape index (κ1) is 18.2. The molecule has 0 radical (unpaired) electrons. The summed E-state index contributed by atoms with van der Waals surface area (Å²) in [7, 11) is -9.55. The molecule has 0 saturated carbocycles. The van der Waals surface area contributed by atoms with Crippen LogP contribution in [0.5, 0.6) is 0 Å². The molecule has 0 aliphatic heterocycles. The minimum atomic E-state index is -4.77. The molecular formula is C9H18N2O6S2. The van der Waals surface area contributed by atoms with Crippen LogP contribution in [0.2, 0.25) is 0 Å². The Morgan fingerprint density at radius 2 is 1.11 bits per heavy atom. The largest absolute Gasteiger partial charge is 0.546 e. The number of nitrogens with zero attached hydrogens (tertiary/aromatic N) is 2. The van der Waals surface area contributed by atoms with Gasteiger partial charge in [-0.25, -0.2) is 0 Å². The molecule has 0 amide bonds. The zero-order valence-electron chi connectivity index (χ0n) is 11.7. The zero-order chi connectivity index (χ0) is 15.7. The first-order valence-corrected chi connectivity index (χ1v) is 8.06. The highest BCUT2D eigenvalue weighted by atomic mass is 32.3. The summed E-state index contributed by atoms with van der Waals surface area (Å²) in [6.45, 7) is 8.40. The molecule has 0 unspecified atom stereocenters. The highest BCUT2D eigenvalue weighted by molar-refractivity contribution is 8.27. The van der Waals surface area contributed by atoms with E-state index >= 15 is 0 Å². The SMILES string of the molecule is CC(C)(C)OS(=O)(=O)C(=[N+]=[N-])S(=O)(=O)OC(C)(C)C. The molecule has 0 aromatic carbocycles. The van der Waals surface area contributed by atoms with Crippen LogP contribution < -0.4 is 0 Å². The van der Waals surface area contributed by atoms with Crippen LogP contribution in [0.15, 0.2) is 0 Å². The smallest absolute Gasteiger partial charge is 0.359 e. The van der Waals surface area contributed by atoms with Crippen molar-refractivity contribution in [3.8, 4) is 0 Å². The van der Waals surface area contributed by atoms with E-state index in [9.17, 15) is 16.8 Å². The van der Waals surface area contributed by atoms with Crippen LogP contribution in [0, 0.1) is 0 Å². The van der Waals surface area contributed by atoms with Crippen molar-refractivity contribution in [3.05, 3.63) is 5.53 Å². The maximum atomic E-state index is 11.7. The van der Waals surface area contributed by atoms with Gasteiger partial charge in [0.05, 0.1) is 11.2 Å². The lowest BCUT2D eigenvalue weighted by Gasteiger charge is -2.19. The second kappa shape index (κ2) is 5.29. The van der Waals surface area contributed by atoms with Gasteiger partial charge in [0.25, 0.3) is 0 Å². The van der Waals surface area contributed by atoms with E-state index in [-0.39, 0.29) is 0 Å². The van der Waals surface area contributed by atoms with Crippen LogP contribution in [0.25, 0.3) is 5.53 Å². The highest BCUT2D eigenvalue weighted by Crippen LogP contribution is 2.19. The quantitative estimate of drug-likeness (QED) is 0.245. The van der Waals surface area contributed by atoms with Crippen molar-refractivity contribution >= 4 is 24.6 Å². The molecule has 0 aliphatic carbocycles. The molecule has 0 aromatic rings. The molecule has 0 N–H and O–H groups in total. The van der Waals surface area contributed by atoms with Gasteiger partial charge in [0.15, 0.2) is 0 Å². The van der Waals surface area contributed by atoms with Crippen molar-refractivity contribution in [2.45, 2.75) is 52.7 Å². The summed E-state index contributed by atoms with van der Waals surface area (Å²) in [5.41, 5.74) is 6.28. The molecule has 0 atom stereocenters. The standard InChI is InChI=1S/C9H18N2O6S2/c1-8(2,3)16-18(12,13)7(11-10)19(14,15)17-9(4,5)6/h1-6H3. The maximum absolute atomic E-state index is 11.7. The van der Waals surface area contributed by atoms with Crippen molar-refractivity contribution < 1.29 is 30.0 Å². The summed E-state index contributed by atoms with van der Waals surface area (Å²) in [6.07, 6.45) is 0. The molecule has 0 spiro atoms. The Balaban J connectivity index is 5.68. The molecule has 8 nitrogen and oxygen atoms in total. The van der Waals surface area contributed by atoms with Gasteiger partial charge >= 0.3 is 24.6 Å². The third-order valence-corrected chi connectivity index (χ3v) is 4.91. The summed E-state index contributed by atoms with van der Waals surface area (Å²) >= 11 is 0. The molecule has 0 aliphatic rings. The third-order valence-electron chi connectivity index (χ3n) is 1.23. The van der Waals surface area contributed by atoms with Crippen molar-refractivity contribution in [3.63, 3.8) is 0 Å². The summed E-state index contributed by atoms with van der Waals surface area (Å²) in [4.78, 5) is 2.29. The van der Waals surface area contributed by atoms with E-state index in [1.807, 2.05) is 0 Å². The fourth-order valence-electron chi connectivity index (χ4n) is 0.955. The minimum Gasteiger partial charge on any atom is -0.359 e. The topological polar surface area (TPSA) is 123 Å². The zero-order valence-corrected chi connectivity index (χ0v) is 13.3. The Bertz CT molecular complexity index is 538. The third kappa shape index (κ3) is 6.26. The average molecular weight is 314 g/mol. The van der Waals surface area contributed by atoms with Crippen LogP contribution in [-0.4, -0.2) is 37.2 Å². The molecule has 0 heterocycles. The van der Waals surface area contributed by atoms with Gasteiger partial charge in [-0.05, 0) is 41.5 Å². The van der Waals surface area contributed by atoms with Crippen LogP contribution in [0.4, 0.5) is 0 Å². The second-order valence-corrected chi connectivity index (χ2v) is 8.85. The van der Waals surface area contributed by atoms with E-state index in [1.54, 1.807) is 0 Å². The van der Waals surface area contributed by atoms with Crippen LogP contribution in [-0.2, 0) is 28.6 Å². The molecule has 19 heavy (non-hydrogen) atoms. The summed E-state index contributed by atoms with van der Waals surface area (Å²) < 4.78 is 54.6. The molecule has 112 valence electrons. The van der Waals surface area contributed by atoms with E-state index in [4.69, 9.17) is 5.53 Å². The van der Waals surface area contributed by atoms with E-state index in [0.29, 0.717) is 0 Å². The van der Waals surface area contributed by atoms with Gasteiger partial charge < -0.3 is 5.53 Å². The normalized spacial score (nSPS) is 14.0. The van der Waals surface area contributed by atoms with Gasteiger partial charge in [-0.15, -0.1) is 4.79 Å². The monoisotopic (exact) mass is 314 g/mol. The van der Waals surface area contributed by atoms with Crippen LogP contribution >= 0.6 is 0 Å². The van der Waals surface area contributed by atoms with E-state index in [1.165, 1.54) is 41.5 Å². The lowest BCUT2D eigenvalue weighted by Crippen LogP contribution is -2.37. The van der Waals surface area contributed by atoms with E-state index in [0.717, 1.165) is 0 Å². The Labute approximate surface area is 113 Å².